The van der Waals surface area contributed by atoms with Gasteiger partial charge in [-0.15, -0.1) is 0 Å². The number of halogens is 3. The predicted octanol–water partition coefficient (Wildman–Crippen LogP) is 4.49. The van der Waals surface area contributed by atoms with Crippen molar-refractivity contribution >= 4 is 10.9 Å². The number of alkyl halides is 3. The molecule has 2 N–H and O–H groups in total. The van der Waals surface area contributed by atoms with Crippen molar-refractivity contribution < 1.29 is 18.3 Å². The molecule has 146 valence electrons. The van der Waals surface area contributed by atoms with Crippen LogP contribution in [0.2, 0.25) is 0 Å². The van der Waals surface area contributed by atoms with Gasteiger partial charge in [0.1, 0.15) is 5.69 Å². The number of aliphatic hydroxyl groups excluding tert-OH is 1. The van der Waals surface area contributed by atoms with Crippen molar-refractivity contribution in [3.8, 4) is 11.3 Å². The lowest BCUT2D eigenvalue weighted by molar-refractivity contribution is -0.141. The maximum Gasteiger partial charge on any atom is 0.433 e. The van der Waals surface area contributed by atoms with Crippen molar-refractivity contribution in [2.45, 2.75) is 37.6 Å². The van der Waals surface area contributed by atoms with Crippen molar-refractivity contribution in [3.05, 3.63) is 59.9 Å². The third-order valence-corrected chi connectivity index (χ3v) is 5.15. The molecule has 0 spiro atoms. The minimum Gasteiger partial charge on any atom is -0.387 e. The van der Waals surface area contributed by atoms with E-state index in [1.807, 2.05) is 24.3 Å². The van der Waals surface area contributed by atoms with Gasteiger partial charge in [0.15, 0.2) is 0 Å². The highest BCUT2D eigenvalue weighted by Crippen LogP contribution is 2.33. The number of hydrogen-bond acceptors (Lipinski definition) is 4. The second kappa shape index (κ2) is 7.48. The van der Waals surface area contributed by atoms with E-state index in [9.17, 15) is 18.3 Å². The van der Waals surface area contributed by atoms with Gasteiger partial charge in [-0.2, -0.15) is 13.2 Å². The summed E-state index contributed by atoms with van der Waals surface area (Å²) in [6.07, 6.45) is -1.03. The molecule has 0 saturated carbocycles. The number of para-hydroxylation sites is 1. The summed E-state index contributed by atoms with van der Waals surface area (Å²) < 4.78 is 38.4. The molecular formula is C21H20F3N3O. The largest absolute Gasteiger partial charge is 0.433 e. The van der Waals surface area contributed by atoms with Crippen molar-refractivity contribution in [3.63, 3.8) is 0 Å². The first-order valence-corrected chi connectivity index (χ1v) is 9.28. The molecule has 1 aromatic carbocycles. The number of rotatable bonds is 3. The van der Waals surface area contributed by atoms with E-state index in [4.69, 9.17) is 0 Å². The Bertz CT molecular complexity index is 967. The minimum absolute atomic E-state index is 0.0573. The number of hydrogen-bond donors (Lipinski definition) is 2. The molecule has 2 aromatic heterocycles. The summed E-state index contributed by atoms with van der Waals surface area (Å²) in [6, 6.07) is 11.5. The Balaban J connectivity index is 1.77. The Morgan fingerprint density at radius 1 is 1.11 bits per heavy atom. The van der Waals surface area contributed by atoms with Gasteiger partial charge < -0.3 is 10.4 Å². The van der Waals surface area contributed by atoms with Crippen molar-refractivity contribution in [1.29, 1.82) is 0 Å². The second-order valence-electron chi connectivity index (χ2n) is 7.04. The van der Waals surface area contributed by atoms with E-state index in [2.05, 4.69) is 15.3 Å². The fourth-order valence-corrected chi connectivity index (χ4v) is 3.67. The van der Waals surface area contributed by atoms with Crippen molar-refractivity contribution in [2.24, 2.45) is 0 Å². The molecule has 7 heteroatoms. The minimum atomic E-state index is -4.48. The van der Waals surface area contributed by atoms with Crippen LogP contribution in [0.1, 0.15) is 36.6 Å². The molecule has 0 amide bonds. The highest BCUT2D eigenvalue weighted by atomic mass is 19.4. The molecule has 0 bridgehead atoms. The molecule has 0 aliphatic carbocycles. The number of nitrogens with one attached hydrogen (secondary N) is 1. The summed E-state index contributed by atoms with van der Waals surface area (Å²) in [5.41, 5.74) is 1.43. The molecule has 0 radical (unpaired) electrons. The SMILES string of the molecule is O[C@@H](c1cc(-c2ccc(C(F)(F)F)nc2)nc2ccccc12)[C@@H]1CCCCN1. The van der Waals surface area contributed by atoms with E-state index in [1.54, 1.807) is 6.07 Å². The van der Waals surface area contributed by atoms with Crippen LogP contribution in [0.3, 0.4) is 0 Å². The monoisotopic (exact) mass is 387 g/mol. The molecule has 1 saturated heterocycles. The van der Waals surface area contributed by atoms with E-state index in [-0.39, 0.29) is 6.04 Å². The summed E-state index contributed by atoms with van der Waals surface area (Å²) in [5, 5.41) is 15.2. The van der Waals surface area contributed by atoms with E-state index in [1.165, 1.54) is 12.3 Å². The molecule has 2 atom stereocenters. The van der Waals surface area contributed by atoms with Gasteiger partial charge in [0.05, 0.1) is 17.3 Å². The van der Waals surface area contributed by atoms with E-state index >= 15 is 0 Å². The third kappa shape index (κ3) is 3.72. The van der Waals surface area contributed by atoms with E-state index in [0.29, 0.717) is 16.8 Å². The van der Waals surface area contributed by atoms with Gasteiger partial charge in [-0.05, 0) is 49.2 Å². The fourth-order valence-electron chi connectivity index (χ4n) is 3.67. The van der Waals surface area contributed by atoms with Gasteiger partial charge in [-0.3, -0.25) is 4.98 Å². The van der Waals surface area contributed by atoms with Crippen LogP contribution >= 0.6 is 0 Å². The zero-order valence-electron chi connectivity index (χ0n) is 15.1. The maximum absolute atomic E-state index is 12.8. The summed E-state index contributed by atoms with van der Waals surface area (Å²) in [5.74, 6) is 0. The molecule has 4 rings (SSSR count). The van der Waals surface area contributed by atoms with Crippen LogP contribution in [0, 0.1) is 0 Å². The highest BCUT2D eigenvalue weighted by molar-refractivity contribution is 5.85. The van der Waals surface area contributed by atoms with Crippen molar-refractivity contribution in [1.82, 2.24) is 15.3 Å². The van der Waals surface area contributed by atoms with Gasteiger partial charge in [0, 0.05) is 23.2 Å². The van der Waals surface area contributed by atoms with E-state index in [0.717, 1.165) is 42.8 Å². The lowest BCUT2D eigenvalue weighted by atomic mass is 9.92. The smallest absolute Gasteiger partial charge is 0.387 e. The number of nitrogens with zero attached hydrogens (tertiary/aromatic N) is 2. The van der Waals surface area contributed by atoms with Crippen LogP contribution in [0.25, 0.3) is 22.2 Å². The van der Waals surface area contributed by atoms with Crippen LogP contribution in [-0.2, 0) is 6.18 Å². The molecule has 1 aliphatic heterocycles. The average molecular weight is 387 g/mol. The summed E-state index contributed by atoms with van der Waals surface area (Å²) in [4.78, 5) is 8.10. The van der Waals surface area contributed by atoms with Gasteiger partial charge in [0.25, 0.3) is 0 Å². The van der Waals surface area contributed by atoms with Crippen LogP contribution < -0.4 is 5.32 Å². The van der Waals surface area contributed by atoms with Crippen LogP contribution in [-0.4, -0.2) is 27.7 Å². The summed E-state index contributed by atoms with van der Waals surface area (Å²) in [6.45, 7) is 0.862. The van der Waals surface area contributed by atoms with Gasteiger partial charge >= 0.3 is 6.18 Å². The lowest BCUT2D eigenvalue weighted by Gasteiger charge is -2.29. The van der Waals surface area contributed by atoms with Crippen LogP contribution in [0.15, 0.2) is 48.7 Å². The molecular weight excluding hydrogens is 367 g/mol. The van der Waals surface area contributed by atoms with Crippen molar-refractivity contribution in [2.75, 3.05) is 6.54 Å². The normalized spacial score (nSPS) is 18.9. The number of aliphatic hydroxyl groups is 1. The molecule has 4 nitrogen and oxygen atoms in total. The average Bonchev–Trinajstić information content (AvgIpc) is 2.72. The first-order valence-electron chi connectivity index (χ1n) is 9.28. The topological polar surface area (TPSA) is 58.0 Å². The second-order valence-corrected chi connectivity index (χ2v) is 7.04. The van der Waals surface area contributed by atoms with E-state index < -0.39 is 18.0 Å². The zero-order chi connectivity index (χ0) is 19.7. The number of fused-ring (bicyclic) bond motifs is 1. The summed E-state index contributed by atoms with van der Waals surface area (Å²) in [7, 11) is 0. The molecule has 28 heavy (non-hydrogen) atoms. The highest BCUT2D eigenvalue weighted by Gasteiger charge is 2.32. The number of pyridine rings is 2. The molecule has 3 heterocycles. The van der Waals surface area contributed by atoms with Gasteiger partial charge in [-0.25, -0.2) is 4.98 Å². The fraction of sp³-hybridized carbons (Fsp3) is 0.333. The quantitative estimate of drug-likeness (QED) is 0.695. The van der Waals surface area contributed by atoms with Crippen LogP contribution in [0.4, 0.5) is 13.2 Å². The van der Waals surface area contributed by atoms with Gasteiger partial charge in [-0.1, -0.05) is 24.6 Å². The zero-order valence-corrected chi connectivity index (χ0v) is 15.1. The number of aromatic nitrogens is 2. The first kappa shape index (κ1) is 18.8. The van der Waals surface area contributed by atoms with Crippen LogP contribution in [0.5, 0.6) is 0 Å². The molecule has 1 fully saturated rings. The molecule has 3 aromatic rings. The standard InChI is InChI=1S/C21H20F3N3O/c22-21(23,24)19-9-8-13(12-26-19)18-11-15(14-5-1-2-6-16(14)27-18)20(28)17-7-3-4-10-25-17/h1-2,5-6,8-9,11-12,17,20,25,28H,3-4,7,10H2/t17-,20-/m0/s1. The molecule has 1 aliphatic rings. The Hall–Kier alpha value is -2.51. The Kier molecular flexibility index (Phi) is 5.03. The predicted molar refractivity (Wildman–Crippen MR) is 101 cm³/mol. The maximum atomic E-state index is 12.8. The Morgan fingerprint density at radius 3 is 2.61 bits per heavy atom. The third-order valence-electron chi connectivity index (χ3n) is 5.15. The molecule has 0 unspecified atom stereocenters. The Labute approximate surface area is 160 Å². The first-order chi connectivity index (χ1) is 13.4. The number of piperidine rings is 1. The lowest BCUT2D eigenvalue weighted by Crippen LogP contribution is -2.38. The Morgan fingerprint density at radius 2 is 1.93 bits per heavy atom. The number of benzene rings is 1. The van der Waals surface area contributed by atoms with Gasteiger partial charge in [0.2, 0.25) is 0 Å². The summed E-state index contributed by atoms with van der Waals surface area (Å²) >= 11 is 0.